The predicted molar refractivity (Wildman–Crippen MR) is 113 cm³/mol. The minimum atomic E-state index is -0.142. The first-order chi connectivity index (χ1) is 13.7. The molecular formula is C23H30N2O3. The number of methoxy groups -OCH3 is 2. The first-order valence-electron chi connectivity index (χ1n) is 10.1. The largest absolute Gasteiger partial charge is 0.493 e. The van der Waals surface area contributed by atoms with Crippen LogP contribution in [0.3, 0.4) is 0 Å². The van der Waals surface area contributed by atoms with Crippen molar-refractivity contribution >= 4 is 11.6 Å². The molecule has 5 nitrogen and oxygen atoms in total. The van der Waals surface area contributed by atoms with Crippen LogP contribution in [0.2, 0.25) is 0 Å². The number of rotatable bonds is 8. The number of aryl methyl sites for hydroxylation is 1. The Morgan fingerprint density at radius 1 is 1.00 bits per heavy atom. The quantitative estimate of drug-likeness (QED) is 0.700. The molecule has 0 aromatic heterocycles. The first-order valence-corrected chi connectivity index (χ1v) is 10.1. The highest BCUT2D eigenvalue weighted by Crippen LogP contribution is 2.30. The minimum absolute atomic E-state index is 0.142. The van der Waals surface area contributed by atoms with Crippen molar-refractivity contribution in [3.8, 4) is 11.5 Å². The molecule has 0 aliphatic carbocycles. The number of carbonyl (C=O) groups is 1. The number of amides is 1. The van der Waals surface area contributed by atoms with Gasteiger partial charge in [-0.3, -0.25) is 4.79 Å². The normalized spacial score (nSPS) is 13.9. The van der Waals surface area contributed by atoms with Gasteiger partial charge < -0.3 is 19.7 Å². The summed E-state index contributed by atoms with van der Waals surface area (Å²) in [5, 5.41) is 2.98. The van der Waals surface area contributed by atoms with Crippen molar-refractivity contribution in [1.82, 2.24) is 5.32 Å². The molecule has 0 spiro atoms. The Hall–Kier alpha value is -2.69. The van der Waals surface area contributed by atoms with E-state index in [1.165, 1.54) is 43.6 Å². The molecule has 0 saturated carbocycles. The molecule has 1 aliphatic rings. The highest BCUT2D eigenvalue weighted by molar-refractivity contribution is 5.97. The summed E-state index contributed by atoms with van der Waals surface area (Å²) in [5.41, 5.74) is 3.11. The maximum Gasteiger partial charge on any atom is 0.255 e. The lowest BCUT2D eigenvalue weighted by atomic mass is 10.1. The summed E-state index contributed by atoms with van der Waals surface area (Å²) in [5.74, 6) is 0.885. The molecule has 1 saturated heterocycles. The second kappa shape index (κ2) is 10.0. The van der Waals surface area contributed by atoms with Gasteiger partial charge in [-0.2, -0.15) is 0 Å². The average Bonchev–Trinajstić information content (AvgIpc) is 2.77. The van der Waals surface area contributed by atoms with E-state index < -0.39 is 0 Å². The molecule has 0 bridgehead atoms. The van der Waals surface area contributed by atoms with Crippen molar-refractivity contribution in [1.29, 1.82) is 0 Å². The minimum Gasteiger partial charge on any atom is -0.493 e. The summed E-state index contributed by atoms with van der Waals surface area (Å²) in [4.78, 5) is 14.9. The fourth-order valence-corrected chi connectivity index (χ4v) is 3.68. The van der Waals surface area contributed by atoms with E-state index in [4.69, 9.17) is 9.47 Å². The molecule has 28 heavy (non-hydrogen) atoms. The Morgan fingerprint density at radius 3 is 2.43 bits per heavy atom. The lowest BCUT2D eigenvalue weighted by Crippen LogP contribution is -2.29. The van der Waals surface area contributed by atoms with Crippen molar-refractivity contribution in [2.45, 2.75) is 32.1 Å². The van der Waals surface area contributed by atoms with Crippen LogP contribution in [0.25, 0.3) is 0 Å². The fourth-order valence-electron chi connectivity index (χ4n) is 3.68. The van der Waals surface area contributed by atoms with Crippen molar-refractivity contribution in [2.24, 2.45) is 0 Å². The van der Waals surface area contributed by atoms with Gasteiger partial charge in [-0.25, -0.2) is 0 Å². The van der Waals surface area contributed by atoms with Crippen LogP contribution >= 0.6 is 0 Å². The van der Waals surface area contributed by atoms with Gasteiger partial charge in [0.25, 0.3) is 5.91 Å². The highest BCUT2D eigenvalue weighted by atomic mass is 16.5. The van der Waals surface area contributed by atoms with Gasteiger partial charge >= 0.3 is 0 Å². The van der Waals surface area contributed by atoms with Crippen LogP contribution in [0.15, 0.2) is 42.5 Å². The molecule has 1 N–H and O–H groups in total. The molecule has 1 amide bonds. The number of nitrogens with zero attached hydrogens (tertiary/aromatic N) is 1. The van der Waals surface area contributed by atoms with E-state index in [0.717, 1.165) is 12.8 Å². The number of hydrogen-bond donors (Lipinski definition) is 1. The number of benzene rings is 2. The van der Waals surface area contributed by atoms with Crippen LogP contribution in [0, 0.1) is 0 Å². The van der Waals surface area contributed by atoms with Gasteiger partial charge in [0.2, 0.25) is 0 Å². The van der Waals surface area contributed by atoms with Crippen LogP contribution in [-0.4, -0.2) is 39.8 Å². The zero-order valence-corrected chi connectivity index (χ0v) is 16.9. The van der Waals surface area contributed by atoms with Gasteiger partial charge in [0.1, 0.15) is 0 Å². The zero-order valence-electron chi connectivity index (χ0n) is 16.9. The second-order valence-corrected chi connectivity index (χ2v) is 7.11. The van der Waals surface area contributed by atoms with Crippen molar-refractivity contribution in [3.63, 3.8) is 0 Å². The van der Waals surface area contributed by atoms with Crippen molar-refractivity contribution in [2.75, 3.05) is 38.8 Å². The molecule has 2 aromatic carbocycles. The molecule has 5 heteroatoms. The predicted octanol–water partition coefficient (Wildman–Crippen LogP) is 4.06. The number of nitrogens with one attached hydrogen (secondary N) is 1. The molecule has 0 unspecified atom stereocenters. The first kappa shape index (κ1) is 20.1. The monoisotopic (exact) mass is 382 g/mol. The molecular weight excluding hydrogens is 352 g/mol. The van der Waals surface area contributed by atoms with Crippen LogP contribution < -0.4 is 19.7 Å². The SMILES string of the molecule is COc1cccc(C(=O)NCCCc2ccc(N3CCCCC3)cc2)c1OC. The van der Waals surface area contributed by atoms with Gasteiger partial charge in [0.05, 0.1) is 19.8 Å². The molecule has 150 valence electrons. The molecule has 0 radical (unpaired) electrons. The summed E-state index contributed by atoms with van der Waals surface area (Å²) in [6.07, 6.45) is 5.76. The fraction of sp³-hybridized carbons (Fsp3) is 0.435. The van der Waals surface area contributed by atoms with Gasteiger partial charge in [-0.05, 0) is 61.9 Å². The number of hydrogen-bond acceptors (Lipinski definition) is 4. The second-order valence-electron chi connectivity index (χ2n) is 7.11. The third-order valence-electron chi connectivity index (χ3n) is 5.23. The van der Waals surface area contributed by atoms with Gasteiger partial charge in [0.15, 0.2) is 11.5 Å². The average molecular weight is 383 g/mol. The lowest BCUT2D eigenvalue weighted by molar-refractivity contribution is 0.0949. The van der Waals surface area contributed by atoms with Crippen molar-refractivity contribution < 1.29 is 14.3 Å². The van der Waals surface area contributed by atoms with Gasteiger partial charge in [0, 0.05) is 25.3 Å². The number of ether oxygens (including phenoxy) is 2. The topological polar surface area (TPSA) is 50.8 Å². The Balaban J connectivity index is 1.47. The van der Waals surface area contributed by atoms with E-state index >= 15 is 0 Å². The summed E-state index contributed by atoms with van der Waals surface area (Å²) in [7, 11) is 3.11. The number of anilines is 1. The molecule has 3 rings (SSSR count). The Kier molecular flexibility index (Phi) is 7.18. The zero-order chi connectivity index (χ0) is 19.8. The van der Waals surface area contributed by atoms with Crippen LogP contribution in [-0.2, 0) is 6.42 Å². The standard InChI is InChI=1S/C23H30N2O3/c1-27-21-10-6-9-20(22(21)28-2)23(26)24-15-7-8-18-11-13-19(14-12-18)25-16-4-3-5-17-25/h6,9-14H,3-5,7-8,15-17H2,1-2H3,(H,24,26). The molecule has 1 heterocycles. The Labute approximate surface area is 167 Å². The van der Waals surface area contributed by atoms with E-state index in [-0.39, 0.29) is 5.91 Å². The number of piperidine rings is 1. The summed E-state index contributed by atoms with van der Waals surface area (Å²) < 4.78 is 10.6. The van der Waals surface area contributed by atoms with E-state index in [9.17, 15) is 4.79 Å². The van der Waals surface area contributed by atoms with Crippen LogP contribution in [0.1, 0.15) is 41.6 Å². The van der Waals surface area contributed by atoms with Gasteiger partial charge in [-0.1, -0.05) is 18.2 Å². The molecule has 0 atom stereocenters. The highest BCUT2D eigenvalue weighted by Gasteiger charge is 2.16. The maximum atomic E-state index is 12.5. The van der Waals surface area contributed by atoms with Crippen LogP contribution in [0.5, 0.6) is 11.5 Å². The summed E-state index contributed by atoms with van der Waals surface area (Å²) in [6, 6.07) is 14.2. The lowest BCUT2D eigenvalue weighted by Gasteiger charge is -2.28. The smallest absolute Gasteiger partial charge is 0.255 e. The third-order valence-corrected chi connectivity index (χ3v) is 5.23. The van der Waals surface area contributed by atoms with Crippen LogP contribution in [0.4, 0.5) is 5.69 Å². The third kappa shape index (κ3) is 4.97. The molecule has 1 fully saturated rings. The van der Waals surface area contributed by atoms with E-state index in [0.29, 0.717) is 23.6 Å². The Morgan fingerprint density at radius 2 is 1.75 bits per heavy atom. The van der Waals surface area contributed by atoms with E-state index in [1.54, 1.807) is 32.4 Å². The number of carbonyl (C=O) groups excluding carboxylic acids is 1. The van der Waals surface area contributed by atoms with E-state index in [2.05, 4.69) is 34.5 Å². The van der Waals surface area contributed by atoms with Crippen molar-refractivity contribution in [3.05, 3.63) is 53.6 Å². The van der Waals surface area contributed by atoms with Gasteiger partial charge in [-0.15, -0.1) is 0 Å². The molecule has 1 aliphatic heterocycles. The number of para-hydroxylation sites is 1. The Bertz CT molecular complexity index is 768. The maximum absolute atomic E-state index is 12.5. The van der Waals surface area contributed by atoms with E-state index in [1.807, 2.05) is 0 Å². The summed E-state index contributed by atoms with van der Waals surface area (Å²) >= 11 is 0. The molecule has 2 aromatic rings. The summed E-state index contributed by atoms with van der Waals surface area (Å²) in [6.45, 7) is 2.95.